The number of aromatic nitrogens is 2. The van der Waals surface area contributed by atoms with E-state index in [0.717, 1.165) is 77.1 Å². The molecule has 0 saturated heterocycles. The Bertz CT molecular complexity index is 2960. The van der Waals surface area contributed by atoms with Crippen LogP contribution in [-0.2, 0) is 0 Å². The lowest BCUT2D eigenvalue weighted by atomic mass is 9.91. The summed E-state index contributed by atoms with van der Waals surface area (Å²) in [6.07, 6.45) is 0. The molecule has 2 aromatic heterocycles. The van der Waals surface area contributed by atoms with Crippen LogP contribution in [0.25, 0.3) is 66.0 Å². The van der Waals surface area contributed by atoms with E-state index in [9.17, 15) is 0 Å². The van der Waals surface area contributed by atoms with Crippen LogP contribution < -0.4 is 10.4 Å². The molecule has 1 aliphatic rings. The van der Waals surface area contributed by atoms with Crippen LogP contribution in [0.2, 0.25) is 0 Å². The van der Waals surface area contributed by atoms with Gasteiger partial charge in [0.15, 0.2) is 19.2 Å². The number of rotatable bonds is 8. The minimum absolute atomic E-state index is 0.592. The molecule has 8 aromatic carbocycles. The predicted molar refractivity (Wildman–Crippen MR) is 243 cm³/mol. The van der Waals surface area contributed by atoms with E-state index >= 15 is 0 Å². The number of fused-ring (bicyclic) bond motifs is 2. The van der Waals surface area contributed by atoms with E-state index in [1.165, 1.54) is 10.4 Å². The smallest absolute Gasteiger partial charge is 0.220 e. The lowest BCUT2D eigenvalue weighted by Crippen LogP contribution is -2.59. The lowest BCUT2D eigenvalue weighted by molar-refractivity contribution is 0.586. The third kappa shape index (κ3) is 5.82. The van der Waals surface area contributed by atoms with Gasteiger partial charge in [-0.1, -0.05) is 194 Å². The van der Waals surface area contributed by atoms with E-state index in [4.69, 9.17) is 18.8 Å². The van der Waals surface area contributed by atoms with Crippen LogP contribution in [0, 0.1) is 0 Å². The largest absolute Gasteiger partial charge is 0.437 e. The monoisotopic (exact) mass is 772 g/mol. The van der Waals surface area contributed by atoms with E-state index in [2.05, 4.69) is 206 Å². The summed E-state index contributed by atoms with van der Waals surface area (Å²) in [5.74, 6) is 1.18. The van der Waals surface area contributed by atoms with Crippen molar-refractivity contribution in [2.75, 3.05) is 0 Å². The number of hydrogen-bond acceptors (Lipinski definition) is 4. The van der Waals surface area contributed by atoms with Gasteiger partial charge in [-0.15, -0.1) is 0 Å². The van der Waals surface area contributed by atoms with Crippen molar-refractivity contribution in [2.45, 2.75) is 0 Å². The van der Waals surface area contributed by atoms with Crippen molar-refractivity contribution in [3.63, 3.8) is 0 Å². The Morgan fingerprint density at radius 1 is 0.305 bits per heavy atom. The Morgan fingerprint density at radius 2 is 0.627 bits per heavy atom. The quantitative estimate of drug-likeness (QED) is 0.144. The summed E-state index contributed by atoms with van der Waals surface area (Å²) in [6, 6.07) is 76.7. The first-order valence-corrected chi connectivity index (χ1v) is 21.9. The molecule has 0 N–H and O–H groups in total. The molecule has 5 heteroatoms. The SMILES string of the molecule is c1ccc(C2=C(c3nc4cc(-c5ccccc5)ccc4o3)[Si](c3ccccc3)(c3ccccc3)C(c3nc4cc(-c5ccccc5)ccc4o3)=C2c2ccccc2)cc1. The second kappa shape index (κ2) is 14.4. The van der Waals surface area contributed by atoms with E-state index in [1.54, 1.807) is 0 Å². The van der Waals surface area contributed by atoms with Crippen molar-refractivity contribution in [1.82, 2.24) is 9.97 Å². The maximum absolute atomic E-state index is 7.07. The summed E-state index contributed by atoms with van der Waals surface area (Å²) in [6.45, 7) is 0. The molecular formula is C54H36N2O2Si. The summed E-state index contributed by atoms with van der Waals surface area (Å²) in [5, 5.41) is 4.46. The fourth-order valence-corrected chi connectivity index (χ4v) is 14.1. The first-order chi connectivity index (χ1) is 29.3. The fraction of sp³-hybridized carbons (Fsp3) is 0. The van der Waals surface area contributed by atoms with Gasteiger partial charge in [-0.05, 0) is 79.2 Å². The zero-order chi connectivity index (χ0) is 39.2. The van der Waals surface area contributed by atoms with E-state index in [-0.39, 0.29) is 0 Å². The molecule has 1 aliphatic heterocycles. The molecule has 11 rings (SSSR count). The summed E-state index contributed by atoms with van der Waals surface area (Å²) in [4.78, 5) is 11.0. The van der Waals surface area contributed by atoms with Crippen molar-refractivity contribution in [3.8, 4) is 22.3 Å². The minimum Gasteiger partial charge on any atom is -0.437 e. The van der Waals surface area contributed by atoms with E-state index < -0.39 is 8.07 Å². The van der Waals surface area contributed by atoms with Gasteiger partial charge in [0, 0.05) is 10.4 Å². The number of oxazole rings is 2. The lowest BCUT2D eigenvalue weighted by Gasteiger charge is -2.32. The highest BCUT2D eigenvalue weighted by molar-refractivity contribution is 7.29. The normalized spacial score (nSPS) is 13.8. The molecule has 0 aliphatic carbocycles. The Labute approximate surface area is 343 Å². The maximum atomic E-state index is 7.07. The van der Waals surface area contributed by atoms with Crippen molar-refractivity contribution in [2.24, 2.45) is 0 Å². The number of hydrogen-bond donors (Lipinski definition) is 0. The van der Waals surface area contributed by atoms with Crippen molar-refractivity contribution in [3.05, 3.63) is 241 Å². The highest BCUT2D eigenvalue weighted by Gasteiger charge is 2.56. The highest BCUT2D eigenvalue weighted by Crippen LogP contribution is 2.55. The molecule has 278 valence electrons. The van der Waals surface area contributed by atoms with Gasteiger partial charge in [-0.3, -0.25) is 0 Å². The van der Waals surface area contributed by atoms with Crippen molar-refractivity contribution in [1.29, 1.82) is 0 Å². The summed E-state index contributed by atoms with van der Waals surface area (Å²) in [5.41, 5.74) is 11.7. The fourth-order valence-electron chi connectivity index (χ4n) is 8.88. The third-order valence-electron chi connectivity index (χ3n) is 11.5. The van der Waals surface area contributed by atoms with Gasteiger partial charge < -0.3 is 8.83 Å². The second-order valence-electron chi connectivity index (χ2n) is 14.8. The van der Waals surface area contributed by atoms with Crippen molar-refractivity contribution < 1.29 is 8.83 Å². The summed E-state index contributed by atoms with van der Waals surface area (Å²) < 4.78 is 14.1. The van der Waals surface area contributed by atoms with Crippen molar-refractivity contribution >= 4 is 62.2 Å². The second-order valence-corrected chi connectivity index (χ2v) is 18.5. The van der Waals surface area contributed by atoms with E-state index in [1.807, 2.05) is 12.1 Å². The predicted octanol–water partition coefficient (Wildman–Crippen LogP) is 12.2. The van der Waals surface area contributed by atoms with Crippen LogP contribution in [0.15, 0.2) is 227 Å². The van der Waals surface area contributed by atoms with Gasteiger partial charge in [0.1, 0.15) is 11.0 Å². The summed E-state index contributed by atoms with van der Waals surface area (Å²) >= 11 is 0. The molecule has 0 amide bonds. The molecule has 0 atom stereocenters. The molecule has 10 aromatic rings. The molecular weight excluding hydrogens is 737 g/mol. The third-order valence-corrected chi connectivity index (χ3v) is 16.3. The summed E-state index contributed by atoms with van der Waals surface area (Å²) in [7, 11) is -3.45. The Hall–Kier alpha value is -7.60. The molecule has 59 heavy (non-hydrogen) atoms. The Morgan fingerprint density at radius 3 is 0.983 bits per heavy atom. The van der Waals surface area contributed by atoms with Crippen LogP contribution in [0.4, 0.5) is 0 Å². The zero-order valence-corrected chi connectivity index (χ0v) is 33.0. The van der Waals surface area contributed by atoms with Crippen LogP contribution in [-0.4, -0.2) is 18.0 Å². The van der Waals surface area contributed by atoms with Gasteiger partial charge in [0.2, 0.25) is 11.8 Å². The standard InChI is InChI=1S/C54H36N2O2Si/c1-7-19-37(20-8-1)41-31-33-47-45(35-41)55-53(57-47)51-49(39-23-11-3-12-24-39)50(40-25-13-4-14-26-40)52(59(51,43-27-15-5-16-28-43)44-29-17-6-18-30-44)54-56-46-36-42(32-34-48(46)58-54)38-21-9-2-10-22-38/h1-36H. The molecule has 0 fully saturated rings. The number of benzene rings is 8. The topological polar surface area (TPSA) is 52.1 Å². The van der Waals surface area contributed by atoms with Gasteiger partial charge in [-0.25, -0.2) is 9.97 Å². The Kier molecular flexibility index (Phi) is 8.45. The molecule has 4 nitrogen and oxygen atoms in total. The average molecular weight is 773 g/mol. The van der Waals surface area contributed by atoms with Crippen LogP contribution in [0.5, 0.6) is 0 Å². The zero-order valence-electron chi connectivity index (χ0n) is 32.0. The number of nitrogens with zero attached hydrogens (tertiary/aromatic N) is 2. The van der Waals surface area contributed by atoms with Gasteiger partial charge in [0.25, 0.3) is 0 Å². The molecule has 0 spiro atoms. The van der Waals surface area contributed by atoms with Gasteiger partial charge >= 0.3 is 0 Å². The van der Waals surface area contributed by atoms with Crippen LogP contribution in [0.3, 0.4) is 0 Å². The maximum Gasteiger partial charge on any atom is 0.220 e. The molecule has 0 radical (unpaired) electrons. The molecule has 0 bridgehead atoms. The number of allylic oxidation sites excluding steroid dienone is 2. The average Bonchev–Trinajstić information content (AvgIpc) is 4.03. The van der Waals surface area contributed by atoms with Crippen LogP contribution in [0.1, 0.15) is 22.9 Å². The van der Waals surface area contributed by atoms with Crippen LogP contribution >= 0.6 is 0 Å². The van der Waals surface area contributed by atoms with Gasteiger partial charge in [-0.2, -0.15) is 0 Å². The molecule has 3 heterocycles. The first kappa shape index (κ1) is 34.6. The van der Waals surface area contributed by atoms with E-state index in [0.29, 0.717) is 11.8 Å². The first-order valence-electron chi connectivity index (χ1n) is 19.9. The molecule has 0 unspecified atom stereocenters. The molecule has 0 saturated carbocycles. The van der Waals surface area contributed by atoms with Gasteiger partial charge in [0.05, 0.1) is 0 Å². The Balaban J connectivity index is 1.28. The minimum atomic E-state index is -3.45. The highest BCUT2D eigenvalue weighted by atomic mass is 28.3.